The van der Waals surface area contributed by atoms with E-state index in [-0.39, 0.29) is 5.78 Å². The number of nitrogen functional groups attached to an aromatic ring is 2. The zero-order chi connectivity index (χ0) is 43.3. The summed E-state index contributed by atoms with van der Waals surface area (Å²) in [5.74, 6) is 5.30. The van der Waals surface area contributed by atoms with Gasteiger partial charge in [0.05, 0.1) is 0 Å². The first-order valence-corrected chi connectivity index (χ1v) is 20.5. The van der Waals surface area contributed by atoms with Crippen LogP contribution in [0.1, 0.15) is 65.9 Å². The van der Waals surface area contributed by atoms with Crippen LogP contribution in [0.2, 0.25) is 0 Å². The highest BCUT2D eigenvalue weighted by Crippen LogP contribution is 2.43. The SMILES string of the molecule is CC(C)(c1ccc(C(=O)c2ccc(C(C)(C)c3ccc(Oc4ccc(N)cc4)cc3Oc3ccccc3)cc2)cc1)c1ccc(Oc2ccc(N)cc2)cc1Oc1ccccc1. The van der Waals surface area contributed by atoms with Crippen molar-refractivity contribution in [1.29, 1.82) is 0 Å². The van der Waals surface area contributed by atoms with Crippen molar-refractivity contribution >= 4 is 17.2 Å². The molecule has 0 fully saturated rings. The number of para-hydroxylation sites is 2. The minimum atomic E-state index is -0.498. The smallest absolute Gasteiger partial charge is 0.193 e. The number of hydrogen-bond acceptors (Lipinski definition) is 7. The molecule has 0 unspecified atom stereocenters. The van der Waals surface area contributed by atoms with Crippen LogP contribution in [0.15, 0.2) is 194 Å². The largest absolute Gasteiger partial charge is 0.457 e. The van der Waals surface area contributed by atoms with Gasteiger partial charge in [-0.3, -0.25) is 4.79 Å². The summed E-state index contributed by atoms with van der Waals surface area (Å²) < 4.78 is 25.3. The molecule has 7 heteroatoms. The number of anilines is 2. The van der Waals surface area contributed by atoms with Gasteiger partial charge in [0.1, 0.15) is 46.0 Å². The normalized spacial score (nSPS) is 11.4. The second kappa shape index (κ2) is 17.4. The molecule has 62 heavy (non-hydrogen) atoms. The number of rotatable bonds is 14. The lowest BCUT2D eigenvalue weighted by Gasteiger charge is -2.29. The van der Waals surface area contributed by atoms with E-state index in [0.717, 1.165) is 22.3 Å². The minimum Gasteiger partial charge on any atom is -0.457 e. The molecular weight excluding hydrogens is 769 g/mol. The van der Waals surface area contributed by atoms with Crippen LogP contribution in [-0.2, 0) is 10.8 Å². The minimum absolute atomic E-state index is 0.0618. The third kappa shape index (κ3) is 9.18. The number of carbonyl (C=O) groups excluding carboxylic acids is 1. The Morgan fingerprint density at radius 2 is 0.694 bits per heavy atom. The third-order valence-corrected chi connectivity index (χ3v) is 11.2. The van der Waals surface area contributed by atoms with E-state index in [1.807, 2.05) is 170 Å². The van der Waals surface area contributed by atoms with Gasteiger partial charge in [0.2, 0.25) is 0 Å². The monoisotopic (exact) mass is 816 g/mol. The van der Waals surface area contributed by atoms with Crippen molar-refractivity contribution in [1.82, 2.24) is 0 Å². The molecular formula is C55H48N2O5. The molecule has 8 aromatic rings. The highest BCUT2D eigenvalue weighted by molar-refractivity contribution is 6.09. The van der Waals surface area contributed by atoms with E-state index in [9.17, 15) is 4.79 Å². The van der Waals surface area contributed by atoms with Gasteiger partial charge in [0.15, 0.2) is 5.78 Å². The summed E-state index contributed by atoms with van der Waals surface area (Å²) in [7, 11) is 0. The molecule has 0 atom stereocenters. The Kier molecular flexibility index (Phi) is 11.5. The van der Waals surface area contributed by atoms with Gasteiger partial charge in [-0.05, 0) is 96.1 Å². The summed E-state index contributed by atoms with van der Waals surface area (Å²) >= 11 is 0. The number of ketones is 1. The van der Waals surface area contributed by atoms with E-state index in [2.05, 4.69) is 27.7 Å². The van der Waals surface area contributed by atoms with Crippen molar-refractivity contribution in [3.63, 3.8) is 0 Å². The zero-order valence-corrected chi connectivity index (χ0v) is 35.2. The van der Waals surface area contributed by atoms with Crippen LogP contribution in [0.5, 0.6) is 46.0 Å². The first kappa shape index (κ1) is 41.0. The highest BCUT2D eigenvalue weighted by atomic mass is 16.5. The lowest BCUT2D eigenvalue weighted by molar-refractivity contribution is 0.103. The van der Waals surface area contributed by atoms with Crippen molar-refractivity contribution in [3.05, 3.63) is 228 Å². The fourth-order valence-corrected chi connectivity index (χ4v) is 7.46. The second-order valence-corrected chi connectivity index (χ2v) is 16.2. The quantitative estimate of drug-likeness (QED) is 0.0831. The first-order chi connectivity index (χ1) is 29.9. The van der Waals surface area contributed by atoms with Gasteiger partial charge in [-0.2, -0.15) is 0 Å². The van der Waals surface area contributed by atoms with Crippen molar-refractivity contribution in [3.8, 4) is 46.0 Å². The average molecular weight is 817 g/mol. The van der Waals surface area contributed by atoms with Crippen LogP contribution < -0.4 is 30.4 Å². The molecule has 0 amide bonds. The van der Waals surface area contributed by atoms with Crippen LogP contribution in [-0.4, -0.2) is 5.78 Å². The van der Waals surface area contributed by atoms with E-state index < -0.39 is 10.8 Å². The van der Waals surface area contributed by atoms with E-state index >= 15 is 0 Å². The number of hydrogen-bond donors (Lipinski definition) is 2. The van der Waals surface area contributed by atoms with Gasteiger partial charge in [-0.25, -0.2) is 0 Å². The molecule has 0 aliphatic rings. The predicted octanol–water partition coefficient (Wildman–Crippen LogP) is 13.9. The molecule has 7 nitrogen and oxygen atoms in total. The number of nitrogens with two attached hydrogens (primary N) is 2. The van der Waals surface area contributed by atoms with Gasteiger partial charge in [-0.15, -0.1) is 0 Å². The Bertz CT molecular complexity index is 2590. The lowest BCUT2D eigenvalue weighted by atomic mass is 9.77. The molecule has 0 radical (unpaired) electrons. The Balaban J connectivity index is 1.02. The molecule has 0 heterocycles. The average Bonchev–Trinajstić information content (AvgIpc) is 3.28. The van der Waals surface area contributed by atoms with Gasteiger partial charge in [0, 0.05) is 56.6 Å². The van der Waals surface area contributed by atoms with E-state index in [4.69, 9.17) is 30.4 Å². The maximum Gasteiger partial charge on any atom is 0.193 e. The Labute approximate surface area is 363 Å². The van der Waals surface area contributed by atoms with Crippen molar-refractivity contribution in [2.24, 2.45) is 0 Å². The molecule has 0 bridgehead atoms. The van der Waals surface area contributed by atoms with Crippen molar-refractivity contribution < 1.29 is 23.7 Å². The molecule has 0 aliphatic carbocycles. The fraction of sp³-hybridized carbons (Fsp3) is 0.109. The maximum absolute atomic E-state index is 14.0. The second-order valence-electron chi connectivity index (χ2n) is 16.2. The molecule has 0 saturated carbocycles. The summed E-state index contributed by atoms with van der Waals surface area (Å²) in [4.78, 5) is 14.0. The highest BCUT2D eigenvalue weighted by Gasteiger charge is 2.30. The van der Waals surface area contributed by atoms with Crippen LogP contribution in [0.3, 0.4) is 0 Å². The molecule has 4 N–H and O–H groups in total. The molecule has 0 spiro atoms. The molecule has 0 aromatic heterocycles. The molecule has 308 valence electrons. The zero-order valence-electron chi connectivity index (χ0n) is 35.2. The van der Waals surface area contributed by atoms with E-state index in [0.29, 0.717) is 68.5 Å². The predicted molar refractivity (Wildman–Crippen MR) is 248 cm³/mol. The maximum atomic E-state index is 14.0. The number of benzene rings is 8. The third-order valence-electron chi connectivity index (χ3n) is 11.2. The van der Waals surface area contributed by atoms with Gasteiger partial charge < -0.3 is 30.4 Å². The Morgan fingerprint density at radius 3 is 1.05 bits per heavy atom. The Hall–Kier alpha value is -7.77. The first-order valence-electron chi connectivity index (χ1n) is 20.5. The van der Waals surface area contributed by atoms with E-state index in [1.54, 1.807) is 24.3 Å². The summed E-state index contributed by atoms with van der Waals surface area (Å²) in [6, 6.07) is 61.4. The molecule has 0 saturated heterocycles. The fourth-order valence-electron chi connectivity index (χ4n) is 7.46. The standard InChI is InChI=1S/C55H48N2O5/c1-54(2,49-33-31-47(59-45-27-23-41(56)24-28-45)35-51(49)61-43-11-7-5-8-12-43)39-19-15-37(16-20-39)53(58)38-17-21-40(22-18-38)55(3,4)50-34-32-48(60-46-29-25-42(57)26-30-46)36-52(50)62-44-13-9-6-10-14-44/h5-36H,56-57H2,1-4H3. The van der Waals surface area contributed by atoms with Crippen LogP contribution >= 0.6 is 0 Å². The summed E-state index contributed by atoms with van der Waals surface area (Å²) in [5.41, 5.74) is 17.3. The van der Waals surface area contributed by atoms with Crippen molar-refractivity contribution in [2.75, 3.05) is 11.5 Å². The topological polar surface area (TPSA) is 106 Å². The van der Waals surface area contributed by atoms with Crippen LogP contribution in [0, 0.1) is 0 Å². The Morgan fingerprint density at radius 1 is 0.371 bits per heavy atom. The summed E-state index contributed by atoms with van der Waals surface area (Å²) in [5, 5.41) is 0. The summed E-state index contributed by atoms with van der Waals surface area (Å²) in [6.45, 7) is 8.59. The van der Waals surface area contributed by atoms with E-state index in [1.165, 1.54) is 0 Å². The summed E-state index contributed by atoms with van der Waals surface area (Å²) in [6.07, 6.45) is 0. The number of ether oxygens (including phenoxy) is 4. The van der Waals surface area contributed by atoms with Crippen LogP contribution in [0.4, 0.5) is 11.4 Å². The van der Waals surface area contributed by atoms with Crippen LogP contribution in [0.25, 0.3) is 0 Å². The molecule has 8 aromatic carbocycles. The van der Waals surface area contributed by atoms with Gasteiger partial charge in [0.25, 0.3) is 0 Å². The molecule has 8 rings (SSSR count). The van der Waals surface area contributed by atoms with Gasteiger partial charge in [-0.1, -0.05) is 125 Å². The molecule has 0 aliphatic heterocycles. The van der Waals surface area contributed by atoms with Gasteiger partial charge >= 0.3 is 0 Å². The van der Waals surface area contributed by atoms with Crippen molar-refractivity contribution in [2.45, 2.75) is 38.5 Å². The lowest BCUT2D eigenvalue weighted by Crippen LogP contribution is -2.20. The number of carbonyl (C=O) groups is 1.